The number of rotatable bonds is 6. The third kappa shape index (κ3) is 6.65. The molecule has 0 aliphatic carbocycles. The molecule has 2 aliphatic rings. The molecule has 0 N–H and O–H groups in total. The van der Waals surface area contributed by atoms with Crippen LogP contribution in [-0.4, -0.2) is 103 Å². The van der Waals surface area contributed by atoms with Crippen molar-refractivity contribution in [2.75, 3.05) is 81.3 Å². The Balaban J connectivity index is 1.06. The van der Waals surface area contributed by atoms with Gasteiger partial charge in [-0.1, -0.05) is 11.6 Å². The Morgan fingerprint density at radius 1 is 0.822 bits per heavy atom. The summed E-state index contributed by atoms with van der Waals surface area (Å²) in [5.74, 6) is 1.89. The number of benzene rings is 1. The van der Waals surface area contributed by atoms with Crippen molar-refractivity contribution in [2.24, 2.45) is 0 Å². The van der Waals surface area contributed by atoms with E-state index in [0.29, 0.717) is 48.6 Å². The van der Waals surface area contributed by atoms with Crippen molar-refractivity contribution >= 4 is 40.7 Å². The highest BCUT2D eigenvalue weighted by Gasteiger charge is 2.27. The van der Waals surface area contributed by atoms with Gasteiger partial charge in [-0.25, -0.2) is 19.7 Å². The van der Waals surface area contributed by atoms with E-state index in [2.05, 4.69) is 36.8 Å². The molecule has 5 heterocycles. The van der Waals surface area contributed by atoms with E-state index in [-0.39, 0.29) is 6.09 Å². The number of hydrogen-bond donors (Lipinski definition) is 0. The first-order valence-electron chi connectivity index (χ1n) is 15.1. The molecule has 13 heteroatoms. The highest BCUT2D eigenvalue weighted by Crippen LogP contribution is 2.38. The quantitative estimate of drug-likeness (QED) is 0.293. The summed E-state index contributed by atoms with van der Waals surface area (Å²) in [6.45, 7) is 11.6. The Bertz CT molecular complexity index is 1660. The summed E-state index contributed by atoms with van der Waals surface area (Å²) in [5, 5.41) is 0.502. The molecule has 1 aromatic carbocycles. The molecule has 6 rings (SSSR count). The lowest BCUT2D eigenvalue weighted by atomic mass is 10.1. The third-order valence-corrected chi connectivity index (χ3v) is 8.34. The van der Waals surface area contributed by atoms with E-state index in [0.717, 1.165) is 54.5 Å². The highest BCUT2D eigenvalue weighted by atomic mass is 35.5. The fourth-order valence-corrected chi connectivity index (χ4v) is 5.88. The molecule has 0 unspecified atom stereocenters. The predicted octanol–water partition coefficient (Wildman–Crippen LogP) is 4.85. The lowest BCUT2D eigenvalue weighted by Crippen LogP contribution is -2.50. The van der Waals surface area contributed by atoms with Crippen LogP contribution in [0.1, 0.15) is 20.8 Å². The fraction of sp³-hybridized carbons (Fsp3) is 0.438. The number of pyridine rings is 1. The number of ether oxygens (including phenoxy) is 3. The number of nitrogens with zero attached hydrogens (tertiary/aromatic N) is 8. The number of halogens is 1. The first kappa shape index (κ1) is 30.6. The minimum atomic E-state index is -0.501. The second-order valence-electron chi connectivity index (χ2n) is 12.1. The number of anilines is 3. The van der Waals surface area contributed by atoms with Crippen LogP contribution in [0.25, 0.3) is 16.9 Å². The van der Waals surface area contributed by atoms with Crippen LogP contribution in [0, 0.1) is 0 Å². The van der Waals surface area contributed by atoms with Crippen LogP contribution in [-0.2, 0) is 4.74 Å². The van der Waals surface area contributed by atoms with Gasteiger partial charge in [0, 0.05) is 88.1 Å². The van der Waals surface area contributed by atoms with E-state index < -0.39 is 5.60 Å². The first-order valence-corrected chi connectivity index (χ1v) is 15.4. The Hall–Kier alpha value is -4.45. The zero-order valence-electron chi connectivity index (χ0n) is 26.4. The number of piperazine rings is 2. The number of imidazole rings is 1. The number of hydrogen-bond acceptors (Lipinski definition) is 10. The standard InChI is InChI=1S/C32H39ClN8O4/c1-32(2,3)45-31(42)40-14-12-39(13-15-40)30-34-19-23(20-35-30)38-10-8-37(9-11-38)22-6-7-41-21-26(36-29(41)16-22)24-17-25(33)28(44-5)18-27(24)43-4/h6-7,16-21H,8-15H2,1-5H3. The summed E-state index contributed by atoms with van der Waals surface area (Å²) >= 11 is 6.41. The molecule has 2 fully saturated rings. The van der Waals surface area contributed by atoms with E-state index in [9.17, 15) is 4.79 Å². The SMILES string of the molecule is COc1cc(OC)c(-c2cn3ccc(N4CCN(c5cnc(N6CCN(C(=O)OC(C)(C)C)CC6)nc5)CC4)cc3n2)cc1Cl. The summed E-state index contributed by atoms with van der Waals surface area (Å²) in [6.07, 6.45) is 7.53. The third-order valence-electron chi connectivity index (χ3n) is 8.04. The highest BCUT2D eigenvalue weighted by molar-refractivity contribution is 6.32. The molecule has 0 bridgehead atoms. The molecule has 0 atom stereocenters. The molecular formula is C32H39ClN8O4. The Morgan fingerprint density at radius 3 is 2.07 bits per heavy atom. The molecule has 12 nitrogen and oxygen atoms in total. The van der Waals surface area contributed by atoms with Crippen molar-refractivity contribution in [2.45, 2.75) is 26.4 Å². The number of methoxy groups -OCH3 is 2. The first-order chi connectivity index (χ1) is 21.6. The molecule has 0 radical (unpaired) electrons. The van der Waals surface area contributed by atoms with Gasteiger partial charge in [-0.05, 0) is 32.9 Å². The van der Waals surface area contributed by atoms with Crippen LogP contribution in [0.5, 0.6) is 11.5 Å². The van der Waals surface area contributed by atoms with E-state index in [1.807, 2.05) is 56.0 Å². The summed E-state index contributed by atoms with van der Waals surface area (Å²) < 4.78 is 18.4. The van der Waals surface area contributed by atoms with Crippen molar-refractivity contribution in [3.63, 3.8) is 0 Å². The molecule has 3 aromatic heterocycles. The van der Waals surface area contributed by atoms with Crippen molar-refractivity contribution in [3.8, 4) is 22.8 Å². The fourth-order valence-electron chi connectivity index (χ4n) is 5.64. The van der Waals surface area contributed by atoms with Gasteiger partial charge in [0.2, 0.25) is 5.95 Å². The normalized spacial score (nSPS) is 15.9. The molecule has 4 aromatic rings. The second kappa shape index (κ2) is 12.5. The van der Waals surface area contributed by atoms with Gasteiger partial charge in [-0.2, -0.15) is 0 Å². The summed E-state index contributed by atoms with van der Waals surface area (Å²) in [7, 11) is 3.20. The zero-order chi connectivity index (χ0) is 31.7. The van der Waals surface area contributed by atoms with Crippen molar-refractivity contribution in [1.29, 1.82) is 0 Å². The maximum Gasteiger partial charge on any atom is 0.410 e. The average molecular weight is 635 g/mol. The molecule has 2 aliphatic heterocycles. The van der Waals surface area contributed by atoms with Gasteiger partial charge in [0.25, 0.3) is 0 Å². The summed E-state index contributed by atoms with van der Waals surface area (Å²) in [6, 6.07) is 7.83. The van der Waals surface area contributed by atoms with Crippen LogP contribution < -0.4 is 24.2 Å². The minimum Gasteiger partial charge on any atom is -0.496 e. The van der Waals surface area contributed by atoms with Gasteiger partial charge >= 0.3 is 6.09 Å². The molecule has 1 amide bonds. The van der Waals surface area contributed by atoms with E-state index in [1.54, 1.807) is 25.2 Å². The second-order valence-corrected chi connectivity index (χ2v) is 12.5. The van der Waals surface area contributed by atoms with Crippen LogP contribution in [0.15, 0.2) is 49.1 Å². The smallest absolute Gasteiger partial charge is 0.410 e. The van der Waals surface area contributed by atoms with Crippen molar-refractivity contribution < 1.29 is 19.0 Å². The maximum absolute atomic E-state index is 12.4. The van der Waals surface area contributed by atoms with E-state index >= 15 is 0 Å². The molecular weight excluding hydrogens is 596 g/mol. The van der Waals surface area contributed by atoms with Crippen LogP contribution >= 0.6 is 11.6 Å². The Labute approximate surface area is 268 Å². The number of amides is 1. The van der Waals surface area contributed by atoms with E-state index in [4.69, 9.17) is 30.8 Å². The molecule has 2 saturated heterocycles. The van der Waals surface area contributed by atoms with Crippen molar-refractivity contribution in [3.05, 3.63) is 54.1 Å². The van der Waals surface area contributed by atoms with Gasteiger partial charge in [0.05, 0.1) is 43.0 Å². The molecule has 0 saturated carbocycles. The number of aromatic nitrogens is 4. The van der Waals surface area contributed by atoms with Gasteiger partial charge in [-0.3, -0.25) is 0 Å². The predicted molar refractivity (Wildman–Crippen MR) is 175 cm³/mol. The summed E-state index contributed by atoms with van der Waals surface area (Å²) in [4.78, 5) is 35.1. The largest absolute Gasteiger partial charge is 0.496 e. The molecule has 0 spiro atoms. The van der Waals surface area contributed by atoms with Gasteiger partial charge < -0.3 is 38.2 Å². The van der Waals surface area contributed by atoms with Crippen LogP contribution in [0.4, 0.5) is 22.1 Å². The maximum atomic E-state index is 12.4. The van der Waals surface area contributed by atoms with E-state index in [1.165, 1.54) is 0 Å². The molecule has 238 valence electrons. The van der Waals surface area contributed by atoms with Crippen LogP contribution in [0.2, 0.25) is 5.02 Å². The summed E-state index contributed by atoms with van der Waals surface area (Å²) in [5.41, 5.74) is 4.04. The van der Waals surface area contributed by atoms with Crippen LogP contribution in [0.3, 0.4) is 0 Å². The lowest BCUT2D eigenvalue weighted by molar-refractivity contribution is 0.0240. The zero-order valence-corrected chi connectivity index (χ0v) is 27.1. The van der Waals surface area contributed by atoms with Gasteiger partial charge in [0.15, 0.2) is 0 Å². The minimum absolute atomic E-state index is 0.272. The number of carbonyl (C=O) groups is 1. The Morgan fingerprint density at radius 2 is 1.44 bits per heavy atom. The average Bonchev–Trinajstić information content (AvgIpc) is 3.47. The monoisotopic (exact) mass is 634 g/mol. The molecule has 45 heavy (non-hydrogen) atoms. The number of carbonyl (C=O) groups excluding carboxylic acids is 1. The topological polar surface area (TPSA) is 101 Å². The number of fused-ring (bicyclic) bond motifs is 1. The van der Waals surface area contributed by atoms with Gasteiger partial charge in [0.1, 0.15) is 22.7 Å². The Kier molecular flexibility index (Phi) is 8.50. The lowest BCUT2D eigenvalue weighted by Gasteiger charge is -2.37. The van der Waals surface area contributed by atoms with Gasteiger partial charge in [-0.15, -0.1) is 0 Å². The van der Waals surface area contributed by atoms with Crippen molar-refractivity contribution in [1.82, 2.24) is 24.3 Å².